The second-order valence-electron chi connectivity index (χ2n) is 7.79. The number of hydrogen-bond acceptors (Lipinski definition) is 7. The van der Waals surface area contributed by atoms with E-state index in [4.69, 9.17) is 13.9 Å². The monoisotopic (exact) mass is 450 g/mol. The number of furan rings is 1. The van der Waals surface area contributed by atoms with Crippen molar-refractivity contribution in [2.75, 3.05) is 20.8 Å². The summed E-state index contributed by atoms with van der Waals surface area (Å²) < 4.78 is 17.8. The number of hydrogen-bond donors (Lipinski definition) is 2. The first-order valence-corrected chi connectivity index (χ1v) is 10.5. The van der Waals surface area contributed by atoms with Crippen molar-refractivity contribution in [1.82, 2.24) is 20.1 Å². The van der Waals surface area contributed by atoms with Crippen molar-refractivity contribution >= 4 is 16.9 Å². The minimum absolute atomic E-state index is 0.0272. The maximum atomic E-state index is 13.2. The van der Waals surface area contributed by atoms with Gasteiger partial charge in [0.2, 0.25) is 0 Å². The van der Waals surface area contributed by atoms with E-state index in [1.807, 2.05) is 13.8 Å². The van der Waals surface area contributed by atoms with Crippen LogP contribution in [0, 0.1) is 0 Å². The van der Waals surface area contributed by atoms with Crippen molar-refractivity contribution < 1.29 is 23.8 Å². The van der Waals surface area contributed by atoms with Gasteiger partial charge in [-0.1, -0.05) is 0 Å². The van der Waals surface area contributed by atoms with Crippen molar-refractivity contribution in [2.24, 2.45) is 0 Å². The van der Waals surface area contributed by atoms with E-state index >= 15 is 0 Å². The van der Waals surface area contributed by atoms with Crippen LogP contribution in [0.1, 0.15) is 41.9 Å². The lowest BCUT2D eigenvalue weighted by Gasteiger charge is -2.17. The Morgan fingerprint density at radius 1 is 1.21 bits per heavy atom. The second-order valence-corrected chi connectivity index (χ2v) is 7.79. The van der Waals surface area contributed by atoms with Gasteiger partial charge in [-0.05, 0) is 50.2 Å². The summed E-state index contributed by atoms with van der Waals surface area (Å²) in [6.07, 6.45) is 2.18. The number of carbonyl (C=O) groups is 1. The molecule has 1 unspecified atom stereocenters. The molecule has 4 rings (SSSR count). The van der Waals surface area contributed by atoms with Crippen molar-refractivity contribution in [3.05, 3.63) is 60.0 Å². The van der Waals surface area contributed by atoms with E-state index in [-0.39, 0.29) is 18.5 Å². The number of carbonyl (C=O) groups excluding carboxylic acids is 1. The Kier molecular flexibility index (Phi) is 6.32. The Balaban J connectivity index is 1.64. The first kappa shape index (κ1) is 22.3. The fourth-order valence-electron chi connectivity index (χ4n) is 3.63. The van der Waals surface area contributed by atoms with Gasteiger partial charge in [0.1, 0.15) is 23.3 Å². The summed E-state index contributed by atoms with van der Waals surface area (Å²) in [5, 5.41) is 18.6. The molecule has 0 bridgehead atoms. The first-order valence-electron chi connectivity index (χ1n) is 10.5. The molecule has 1 aromatic carbocycles. The van der Waals surface area contributed by atoms with Gasteiger partial charge in [-0.15, -0.1) is 0 Å². The highest BCUT2D eigenvalue weighted by Crippen LogP contribution is 2.30. The van der Waals surface area contributed by atoms with Gasteiger partial charge in [-0.2, -0.15) is 5.10 Å². The van der Waals surface area contributed by atoms with E-state index in [0.29, 0.717) is 45.1 Å². The highest BCUT2D eigenvalue weighted by Gasteiger charge is 2.21. The molecule has 1 amide bonds. The Bertz CT molecular complexity index is 1260. The minimum atomic E-state index is -1.00. The van der Waals surface area contributed by atoms with Gasteiger partial charge in [0, 0.05) is 18.2 Å². The maximum absolute atomic E-state index is 13.2. The normalized spacial score (nSPS) is 12.2. The average Bonchev–Trinajstić information content (AvgIpc) is 3.51. The van der Waals surface area contributed by atoms with Gasteiger partial charge in [0.15, 0.2) is 11.4 Å². The number of methoxy groups -OCH3 is 2. The molecule has 4 aromatic rings. The van der Waals surface area contributed by atoms with Crippen LogP contribution in [-0.2, 0) is 0 Å². The Morgan fingerprint density at radius 2 is 2.03 bits per heavy atom. The van der Waals surface area contributed by atoms with Crippen LogP contribution in [-0.4, -0.2) is 46.5 Å². The average molecular weight is 450 g/mol. The van der Waals surface area contributed by atoms with Crippen LogP contribution in [0.4, 0.5) is 0 Å². The third-order valence-corrected chi connectivity index (χ3v) is 5.33. The highest BCUT2D eigenvalue weighted by atomic mass is 16.5. The molecule has 1 atom stereocenters. The number of aliphatic hydroxyl groups is 1. The molecule has 0 aliphatic carbocycles. The van der Waals surface area contributed by atoms with E-state index in [0.717, 1.165) is 0 Å². The number of aromatic nitrogens is 3. The zero-order chi connectivity index (χ0) is 23.5. The predicted octanol–water partition coefficient (Wildman–Crippen LogP) is 3.75. The number of nitrogens with zero attached hydrogens (tertiary/aromatic N) is 3. The third kappa shape index (κ3) is 4.40. The molecule has 0 saturated carbocycles. The minimum Gasteiger partial charge on any atom is -0.497 e. The number of rotatable bonds is 8. The summed E-state index contributed by atoms with van der Waals surface area (Å²) >= 11 is 0. The van der Waals surface area contributed by atoms with Crippen LogP contribution in [0.15, 0.2) is 53.3 Å². The zero-order valence-corrected chi connectivity index (χ0v) is 18.9. The molecule has 3 heterocycles. The van der Waals surface area contributed by atoms with Crippen LogP contribution in [0.25, 0.3) is 22.5 Å². The third-order valence-electron chi connectivity index (χ3n) is 5.33. The SMILES string of the molecule is COc1ccc(OC)c(C(O)CNC(=O)c2cc(-c3ccco3)nc3c2cnn3C(C)C)c1. The van der Waals surface area contributed by atoms with Gasteiger partial charge in [0.25, 0.3) is 5.91 Å². The molecule has 0 aliphatic heterocycles. The molecule has 0 fully saturated rings. The lowest BCUT2D eigenvalue weighted by Crippen LogP contribution is -2.28. The standard InChI is InChI=1S/C24H26N4O5/c1-14(2)28-23-18(12-26-28)16(11-19(27-23)22-6-5-9-33-22)24(30)25-13-20(29)17-10-15(31-3)7-8-21(17)32-4/h5-12,14,20,29H,13H2,1-4H3,(H,25,30). The summed E-state index contributed by atoms with van der Waals surface area (Å²) in [4.78, 5) is 17.9. The van der Waals surface area contributed by atoms with Crippen LogP contribution < -0.4 is 14.8 Å². The van der Waals surface area contributed by atoms with Crippen molar-refractivity contribution in [3.8, 4) is 23.0 Å². The summed E-state index contributed by atoms with van der Waals surface area (Å²) in [5.74, 6) is 1.27. The molecule has 9 nitrogen and oxygen atoms in total. The maximum Gasteiger partial charge on any atom is 0.252 e. The summed E-state index contributed by atoms with van der Waals surface area (Å²) in [6.45, 7) is 3.96. The van der Waals surface area contributed by atoms with Gasteiger partial charge < -0.3 is 24.3 Å². The number of benzene rings is 1. The van der Waals surface area contributed by atoms with Crippen LogP contribution in [0.2, 0.25) is 0 Å². The number of pyridine rings is 1. The molecule has 9 heteroatoms. The smallest absolute Gasteiger partial charge is 0.252 e. The van der Waals surface area contributed by atoms with Crippen molar-refractivity contribution in [2.45, 2.75) is 26.0 Å². The van der Waals surface area contributed by atoms with E-state index in [2.05, 4.69) is 15.4 Å². The fourth-order valence-corrected chi connectivity index (χ4v) is 3.63. The zero-order valence-electron chi connectivity index (χ0n) is 18.9. The molecule has 0 radical (unpaired) electrons. The van der Waals surface area contributed by atoms with Crippen molar-refractivity contribution in [1.29, 1.82) is 0 Å². The fraction of sp³-hybridized carbons (Fsp3) is 0.292. The van der Waals surface area contributed by atoms with Gasteiger partial charge in [-0.3, -0.25) is 4.79 Å². The van der Waals surface area contributed by atoms with Crippen LogP contribution in [0.5, 0.6) is 11.5 Å². The molecule has 0 spiro atoms. The Labute approximate surface area is 191 Å². The van der Waals surface area contributed by atoms with E-state index in [1.54, 1.807) is 60.6 Å². The molecule has 0 saturated heterocycles. The number of ether oxygens (including phenoxy) is 2. The summed E-state index contributed by atoms with van der Waals surface area (Å²) in [6, 6.07) is 10.4. The second kappa shape index (κ2) is 9.33. The molecular formula is C24H26N4O5. The van der Waals surface area contributed by atoms with Crippen LogP contribution in [0.3, 0.4) is 0 Å². The molecule has 3 aromatic heterocycles. The summed E-state index contributed by atoms with van der Waals surface area (Å²) in [5.41, 5.74) is 2.01. The Hall–Kier alpha value is -3.85. The molecule has 33 heavy (non-hydrogen) atoms. The number of amides is 1. The van der Waals surface area contributed by atoms with Gasteiger partial charge >= 0.3 is 0 Å². The highest BCUT2D eigenvalue weighted by molar-refractivity contribution is 6.06. The molecule has 2 N–H and O–H groups in total. The molecule has 172 valence electrons. The molecule has 0 aliphatic rings. The number of aliphatic hydroxyl groups excluding tert-OH is 1. The van der Waals surface area contributed by atoms with E-state index in [1.165, 1.54) is 7.11 Å². The van der Waals surface area contributed by atoms with E-state index < -0.39 is 6.10 Å². The topological polar surface area (TPSA) is 112 Å². The van der Waals surface area contributed by atoms with Crippen molar-refractivity contribution in [3.63, 3.8) is 0 Å². The van der Waals surface area contributed by atoms with Gasteiger partial charge in [-0.25, -0.2) is 9.67 Å². The molecular weight excluding hydrogens is 424 g/mol. The lowest BCUT2D eigenvalue weighted by atomic mass is 10.1. The summed E-state index contributed by atoms with van der Waals surface area (Å²) in [7, 11) is 3.06. The number of nitrogens with one attached hydrogen (secondary N) is 1. The lowest BCUT2D eigenvalue weighted by molar-refractivity contribution is 0.0916. The van der Waals surface area contributed by atoms with Crippen LogP contribution >= 0.6 is 0 Å². The van der Waals surface area contributed by atoms with E-state index in [9.17, 15) is 9.90 Å². The number of fused-ring (bicyclic) bond motifs is 1. The van der Waals surface area contributed by atoms with Gasteiger partial charge in [0.05, 0.1) is 37.6 Å². The Morgan fingerprint density at radius 3 is 2.70 bits per heavy atom. The predicted molar refractivity (Wildman–Crippen MR) is 122 cm³/mol. The largest absolute Gasteiger partial charge is 0.497 e. The first-order chi connectivity index (χ1) is 15.9. The quantitative estimate of drug-likeness (QED) is 0.420.